The van der Waals surface area contributed by atoms with E-state index in [2.05, 4.69) is 6.92 Å². The summed E-state index contributed by atoms with van der Waals surface area (Å²) in [5, 5.41) is 0. The summed E-state index contributed by atoms with van der Waals surface area (Å²) in [6.45, 7) is 12.4. The number of carbonyl (C=O) groups excluding carboxylic acids is 1. The quantitative estimate of drug-likeness (QED) is 0.572. The van der Waals surface area contributed by atoms with Crippen molar-refractivity contribution in [1.29, 1.82) is 0 Å². The predicted octanol–water partition coefficient (Wildman–Crippen LogP) is 2.28. The third-order valence-corrected chi connectivity index (χ3v) is 4.59. The van der Waals surface area contributed by atoms with Crippen LogP contribution in [0.4, 0.5) is 0 Å². The van der Waals surface area contributed by atoms with E-state index in [0.29, 0.717) is 6.61 Å². The Morgan fingerprint density at radius 2 is 1.72 bits per heavy atom. The first kappa shape index (κ1) is 13.9. The standard InChI is InChI=1S/C13H23BO4/c1-7-16-11(15)9-8(2)10(9)14-17-12(3,4)13(5,6)18-14/h8-10H,7H2,1-6H3. The van der Waals surface area contributed by atoms with E-state index in [0.717, 1.165) is 0 Å². The van der Waals surface area contributed by atoms with Gasteiger partial charge >= 0.3 is 13.1 Å². The minimum absolute atomic E-state index is 0.0698. The van der Waals surface area contributed by atoms with Crippen LogP contribution in [0.25, 0.3) is 0 Å². The molecule has 3 atom stereocenters. The summed E-state index contributed by atoms with van der Waals surface area (Å²) >= 11 is 0. The van der Waals surface area contributed by atoms with Crippen LogP contribution in [0.15, 0.2) is 0 Å². The Bertz CT molecular complexity index is 337. The van der Waals surface area contributed by atoms with Gasteiger partial charge < -0.3 is 14.0 Å². The van der Waals surface area contributed by atoms with E-state index in [1.54, 1.807) is 0 Å². The zero-order chi connectivity index (χ0) is 13.7. The molecule has 102 valence electrons. The molecule has 1 heterocycles. The number of ether oxygens (including phenoxy) is 1. The lowest BCUT2D eigenvalue weighted by atomic mass is 9.79. The van der Waals surface area contributed by atoms with E-state index in [1.165, 1.54) is 0 Å². The fourth-order valence-electron chi connectivity index (χ4n) is 2.57. The molecule has 18 heavy (non-hydrogen) atoms. The van der Waals surface area contributed by atoms with Crippen molar-refractivity contribution in [2.75, 3.05) is 6.61 Å². The van der Waals surface area contributed by atoms with Gasteiger partial charge in [0, 0.05) is 5.82 Å². The Morgan fingerprint density at radius 1 is 1.22 bits per heavy atom. The van der Waals surface area contributed by atoms with E-state index in [9.17, 15) is 4.79 Å². The van der Waals surface area contributed by atoms with Crippen LogP contribution >= 0.6 is 0 Å². The van der Waals surface area contributed by atoms with Crippen LogP contribution in [0.5, 0.6) is 0 Å². The highest BCUT2D eigenvalue weighted by Crippen LogP contribution is 2.58. The van der Waals surface area contributed by atoms with E-state index in [4.69, 9.17) is 14.0 Å². The number of esters is 1. The maximum atomic E-state index is 11.8. The Hall–Kier alpha value is -0.545. The Kier molecular flexibility index (Phi) is 3.27. The molecule has 0 aromatic heterocycles. The lowest BCUT2D eigenvalue weighted by Crippen LogP contribution is -2.41. The van der Waals surface area contributed by atoms with Crippen LogP contribution in [0.2, 0.25) is 5.82 Å². The van der Waals surface area contributed by atoms with Crippen LogP contribution in [-0.2, 0) is 18.8 Å². The normalized spacial score (nSPS) is 36.6. The van der Waals surface area contributed by atoms with Crippen molar-refractivity contribution >= 4 is 13.1 Å². The molecule has 2 fully saturated rings. The van der Waals surface area contributed by atoms with Gasteiger partial charge in [-0.1, -0.05) is 6.92 Å². The molecule has 0 amide bonds. The second-order valence-corrected chi connectivity index (χ2v) is 6.34. The summed E-state index contributed by atoms with van der Waals surface area (Å²) < 4.78 is 17.1. The van der Waals surface area contributed by atoms with Crippen molar-refractivity contribution in [3.05, 3.63) is 0 Å². The predicted molar refractivity (Wildman–Crippen MR) is 69.1 cm³/mol. The highest BCUT2D eigenvalue weighted by atomic mass is 16.7. The molecule has 2 aliphatic rings. The fraction of sp³-hybridized carbons (Fsp3) is 0.923. The molecule has 0 aromatic rings. The molecule has 0 radical (unpaired) electrons. The summed E-state index contributed by atoms with van der Waals surface area (Å²) in [5.41, 5.74) is -0.668. The lowest BCUT2D eigenvalue weighted by Gasteiger charge is -2.32. The molecule has 4 nitrogen and oxygen atoms in total. The van der Waals surface area contributed by atoms with Crippen LogP contribution in [0.3, 0.4) is 0 Å². The maximum absolute atomic E-state index is 11.8. The van der Waals surface area contributed by atoms with Crippen LogP contribution in [0.1, 0.15) is 41.5 Å². The smallest absolute Gasteiger partial charge is 0.462 e. The van der Waals surface area contributed by atoms with Crippen LogP contribution in [0, 0.1) is 11.8 Å². The van der Waals surface area contributed by atoms with Crippen molar-refractivity contribution < 1.29 is 18.8 Å². The summed E-state index contributed by atoms with van der Waals surface area (Å²) in [6.07, 6.45) is 0. The van der Waals surface area contributed by atoms with Crippen LogP contribution in [-0.4, -0.2) is 30.9 Å². The van der Waals surface area contributed by atoms with Crippen molar-refractivity contribution in [3.8, 4) is 0 Å². The van der Waals surface area contributed by atoms with E-state index >= 15 is 0 Å². The molecule has 0 bridgehead atoms. The first-order valence-corrected chi connectivity index (χ1v) is 6.73. The average molecular weight is 254 g/mol. The second kappa shape index (κ2) is 4.24. The molecule has 0 aromatic carbocycles. The molecule has 0 spiro atoms. The minimum Gasteiger partial charge on any atom is -0.466 e. The fourth-order valence-corrected chi connectivity index (χ4v) is 2.57. The molecule has 1 aliphatic carbocycles. The van der Waals surface area contributed by atoms with Gasteiger partial charge in [0.2, 0.25) is 0 Å². The summed E-state index contributed by atoms with van der Waals surface area (Å²) in [7, 11) is -0.292. The number of hydrogen-bond acceptors (Lipinski definition) is 4. The zero-order valence-corrected chi connectivity index (χ0v) is 12.1. The summed E-state index contributed by atoms with van der Waals surface area (Å²) in [4.78, 5) is 11.8. The van der Waals surface area contributed by atoms with Gasteiger partial charge in [0.15, 0.2) is 0 Å². The van der Waals surface area contributed by atoms with Crippen LogP contribution < -0.4 is 0 Å². The molecule has 3 unspecified atom stereocenters. The molecule has 1 saturated carbocycles. The van der Waals surface area contributed by atoms with E-state index in [-0.39, 0.29) is 41.9 Å². The third-order valence-electron chi connectivity index (χ3n) is 4.59. The molecule has 1 saturated heterocycles. The minimum atomic E-state index is -0.334. The largest absolute Gasteiger partial charge is 0.466 e. The van der Waals surface area contributed by atoms with Gasteiger partial charge in [0.05, 0.1) is 23.7 Å². The van der Waals surface area contributed by atoms with Gasteiger partial charge in [-0.25, -0.2) is 0 Å². The molecular weight excluding hydrogens is 231 g/mol. The zero-order valence-electron chi connectivity index (χ0n) is 12.1. The first-order chi connectivity index (χ1) is 8.21. The average Bonchev–Trinajstić information content (AvgIpc) is 2.82. The summed E-state index contributed by atoms with van der Waals surface area (Å²) in [6, 6.07) is 0. The maximum Gasteiger partial charge on any atom is 0.462 e. The molecular formula is C13H23BO4. The SMILES string of the molecule is CCOC(=O)C1C(C)C1B1OC(C)(C)C(C)(C)O1. The Balaban J connectivity index is 2.02. The highest BCUT2D eigenvalue weighted by Gasteiger charge is 2.66. The van der Waals surface area contributed by atoms with Gasteiger partial charge in [-0.05, 0) is 40.5 Å². The van der Waals surface area contributed by atoms with Crippen molar-refractivity contribution in [2.45, 2.75) is 58.6 Å². The Morgan fingerprint density at radius 3 is 2.17 bits per heavy atom. The first-order valence-electron chi connectivity index (χ1n) is 6.73. The Labute approximate surface area is 110 Å². The van der Waals surface area contributed by atoms with Crippen molar-refractivity contribution in [1.82, 2.24) is 0 Å². The third kappa shape index (κ3) is 2.07. The highest BCUT2D eigenvalue weighted by molar-refractivity contribution is 6.49. The van der Waals surface area contributed by atoms with E-state index < -0.39 is 0 Å². The topological polar surface area (TPSA) is 44.8 Å². The number of rotatable bonds is 3. The second-order valence-electron chi connectivity index (χ2n) is 6.34. The van der Waals surface area contributed by atoms with Gasteiger partial charge in [0.25, 0.3) is 0 Å². The molecule has 1 aliphatic heterocycles. The summed E-state index contributed by atoms with van der Waals surface area (Å²) in [5.74, 6) is 0.216. The molecule has 0 N–H and O–H groups in total. The van der Waals surface area contributed by atoms with E-state index in [1.807, 2.05) is 34.6 Å². The monoisotopic (exact) mass is 254 g/mol. The molecule has 5 heteroatoms. The van der Waals surface area contributed by atoms with Gasteiger partial charge in [-0.3, -0.25) is 4.79 Å². The van der Waals surface area contributed by atoms with Crippen molar-refractivity contribution in [2.24, 2.45) is 11.8 Å². The molecule has 2 rings (SSSR count). The lowest BCUT2D eigenvalue weighted by molar-refractivity contribution is -0.145. The van der Waals surface area contributed by atoms with Gasteiger partial charge in [-0.15, -0.1) is 0 Å². The van der Waals surface area contributed by atoms with Gasteiger partial charge in [0.1, 0.15) is 0 Å². The number of carbonyl (C=O) groups is 1. The van der Waals surface area contributed by atoms with Gasteiger partial charge in [-0.2, -0.15) is 0 Å². The number of hydrogen-bond donors (Lipinski definition) is 0. The van der Waals surface area contributed by atoms with Crippen molar-refractivity contribution in [3.63, 3.8) is 0 Å².